The zero-order valence-corrected chi connectivity index (χ0v) is 19.1. The van der Waals surface area contributed by atoms with Gasteiger partial charge in [0, 0.05) is 26.7 Å². The summed E-state index contributed by atoms with van der Waals surface area (Å²) in [5.41, 5.74) is -0.213. The molecule has 0 spiro atoms. The highest BCUT2D eigenvalue weighted by molar-refractivity contribution is 14.0. The van der Waals surface area contributed by atoms with Crippen LogP contribution in [0.4, 0.5) is 13.6 Å². The summed E-state index contributed by atoms with van der Waals surface area (Å²) in [7, 11) is 1.67. The van der Waals surface area contributed by atoms with Crippen molar-refractivity contribution in [2.45, 2.75) is 45.3 Å². The van der Waals surface area contributed by atoms with Crippen LogP contribution in [0, 0.1) is 11.6 Å². The number of halogens is 3. The second kappa shape index (κ2) is 10.8. The Morgan fingerprint density at radius 3 is 2.71 bits per heavy atom. The minimum atomic E-state index is -0.536. The molecule has 1 fully saturated rings. The van der Waals surface area contributed by atoms with Crippen molar-refractivity contribution in [2.24, 2.45) is 4.99 Å². The van der Waals surface area contributed by atoms with Crippen LogP contribution in [0.2, 0.25) is 0 Å². The van der Waals surface area contributed by atoms with Crippen LogP contribution in [0.15, 0.2) is 23.2 Å². The maximum Gasteiger partial charge on any atom is 0.407 e. The molecule has 9 heteroatoms. The van der Waals surface area contributed by atoms with E-state index in [2.05, 4.69) is 15.6 Å². The van der Waals surface area contributed by atoms with Crippen LogP contribution >= 0.6 is 24.0 Å². The number of hydrogen-bond donors (Lipinski definition) is 2. The lowest BCUT2D eigenvalue weighted by Gasteiger charge is -2.23. The first kappa shape index (κ1) is 24.4. The molecular weight excluding hydrogens is 481 g/mol. The van der Waals surface area contributed by atoms with Gasteiger partial charge in [-0.2, -0.15) is 0 Å². The van der Waals surface area contributed by atoms with Crippen molar-refractivity contribution in [1.82, 2.24) is 15.5 Å². The number of alkyl carbamates (subject to hydrolysis) is 1. The highest BCUT2D eigenvalue weighted by Crippen LogP contribution is 2.13. The van der Waals surface area contributed by atoms with Crippen LogP contribution in [-0.2, 0) is 11.2 Å². The zero-order chi connectivity index (χ0) is 20.0. The number of ether oxygens (including phenoxy) is 1. The van der Waals surface area contributed by atoms with Crippen LogP contribution in [-0.4, -0.2) is 55.3 Å². The van der Waals surface area contributed by atoms with E-state index in [0.29, 0.717) is 31.0 Å². The number of carbonyl (C=O) groups excluding carboxylic acids is 1. The van der Waals surface area contributed by atoms with Crippen LogP contribution in [0.3, 0.4) is 0 Å². The smallest absolute Gasteiger partial charge is 0.407 e. The number of benzene rings is 1. The third kappa shape index (κ3) is 7.76. The number of nitrogens with zero attached hydrogens (tertiary/aromatic N) is 2. The minimum absolute atomic E-state index is 0. The van der Waals surface area contributed by atoms with Gasteiger partial charge in [0.25, 0.3) is 0 Å². The Balaban J connectivity index is 0.00000392. The van der Waals surface area contributed by atoms with Crippen molar-refractivity contribution in [1.29, 1.82) is 0 Å². The van der Waals surface area contributed by atoms with Crippen molar-refractivity contribution in [3.63, 3.8) is 0 Å². The van der Waals surface area contributed by atoms with E-state index in [4.69, 9.17) is 4.74 Å². The normalized spacial score (nSPS) is 17.1. The standard InChI is InChI=1S/C19H28F2N4O2.HI/c1-19(2,3)27-18(26)24-15-8-10-25(12-15)17(22-4)23-9-7-13-11-14(20)5-6-16(13)21;/h5-6,11,15H,7-10,12H2,1-4H3,(H,22,23)(H,24,26);1H. The summed E-state index contributed by atoms with van der Waals surface area (Å²) in [5.74, 6) is -0.206. The van der Waals surface area contributed by atoms with Gasteiger partial charge in [0.15, 0.2) is 5.96 Å². The van der Waals surface area contributed by atoms with Gasteiger partial charge < -0.3 is 20.3 Å². The third-order valence-corrected chi connectivity index (χ3v) is 4.11. The molecule has 1 heterocycles. The summed E-state index contributed by atoms with van der Waals surface area (Å²) >= 11 is 0. The quantitative estimate of drug-likeness (QED) is 0.371. The van der Waals surface area contributed by atoms with Gasteiger partial charge in [-0.3, -0.25) is 4.99 Å². The maximum absolute atomic E-state index is 13.7. The third-order valence-electron chi connectivity index (χ3n) is 4.11. The number of nitrogens with one attached hydrogen (secondary N) is 2. The van der Waals surface area contributed by atoms with E-state index in [1.807, 2.05) is 25.7 Å². The van der Waals surface area contributed by atoms with E-state index in [0.717, 1.165) is 25.1 Å². The second-order valence-electron chi connectivity index (χ2n) is 7.54. The summed E-state index contributed by atoms with van der Waals surface area (Å²) in [6.45, 7) is 7.22. The average Bonchev–Trinajstić information content (AvgIpc) is 3.01. The molecule has 6 nitrogen and oxygen atoms in total. The van der Waals surface area contributed by atoms with Crippen LogP contribution in [0.1, 0.15) is 32.8 Å². The first-order chi connectivity index (χ1) is 12.7. The SMILES string of the molecule is CN=C(NCCc1cc(F)ccc1F)N1CCC(NC(=O)OC(C)(C)C)C1.I. The Labute approximate surface area is 182 Å². The summed E-state index contributed by atoms with van der Waals surface area (Å²) < 4.78 is 32.2. The topological polar surface area (TPSA) is 66.0 Å². The molecule has 1 atom stereocenters. The van der Waals surface area contributed by atoms with Gasteiger partial charge in [0.1, 0.15) is 17.2 Å². The summed E-state index contributed by atoms with van der Waals surface area (Å²) in [5, 5.41) is 6.02. The molecule has 28 heavy (non-hydrogen) atoms. The molecule has 2 N–H and O–H groups in total. The molecule has 0 bridgehead atoms. The fourth-order valence-corrected chi connectivity index (χ4v) is 2.92. The lowest BCUT2D eigenvalue weighted by Crippen LogP contribution is -2.44. The second-order valence-corrected chi connectivity index (χ2v) is 7.54. The van der Waals surface area contributed by atoms with E-state index >= 15 is 0 Å². The number of aliphatic imine (C=N–C) groups is 1. The summed E-state index contributed by atoms with van der Waals surface area (Å²) in [4.78, 5) is 18.1. The fourth-order valence-electron chi connectivity index (χ4n) is 2.92. The largest absolute Gasteiger partial charge is 0.444 e. The van der Waals surface area contributed by atoms with Gasteiger partial charge in [-0.25, -0.2) is 13.6 Å². The van der Waals surface area contributed by atoms with Gasteiger partial charge in [-0.05, 0) is 57.4 Å². The fraction of sp³-hybridized carbons (Fsp3) is 0.579. The van der Waals surface area contributed by atoms with E-state index in [-0.39, 0.29) is 30.0 Å². The van der Waals surface area contributed by atoms with Gasteiger partial charge in [0.2, 0.25) is 0 Å². The number of amides is 1. The molecule has 0 saturated carbocycles. The Morgan fingerprint density at radius 2 is 2.07 bits per heavy atom. The van der Waals surface area contributed by atoms with Crippen molar-refractivity contribution in [3.8, 4) is 0 Å². The summed E-state index contributed by atoms with van der Waals surface area (Å²) in [6, 6.07) is 3.41. The predicted molar refractivity (Wildman–Crippen MR) is 116 cm³/mol. The number of rotatable bonds is 4. The van der Waals surface area contributed by atoms with E-state index in [9.17, 15) is 13.6 Å². The highest BCUT2D eigenvalue weighted by atomic mass is 127. The summed E-state index contributed by atoms with van der Waals surface area (Å²) in [6.07, 6.45) is 0.688. The molecule has 0 aromatic heterocycles. The molecule has 1 aromatic rings. The zero-order valence-electron chi connectivity index (χ0n) is 16.7. The first-order valence-corrected chi connectivity index (χ1v) is 9.07. The highest BCUT2D eigenvalue weighted by Gasteiger charge is 2.27. The monoisotopic (exact) mass is 510 g/mol. The number of carbonyl (C=O) groups is 1. The van der Waals surface area contributed by atoms with Gasteiger partial charge in [0.05, 0.1) is 6.04 Å². The number of hydrogen-bond acceptors (Lipinski definition) is 3. The molecule has 1 aliphatic heterocycles. The molecule has 0 aliphatic carbocycles. The Kier molecular flexibility index (Phi) is 9.38. The molecule has 158 valence electrons. The van der Waals surface area contributed by atoms with Gasteiger partial charge >= 0.3 is 6.09 Å². The van der Waals surface area contributed by atoms with Crippen LogP contribution in [0.25, 0.3) is 0 Å². The van der Waals surface area contributed by atoms with Crippen LogP contribution in [0.5, 0.6) is 0 Å². The molecular formula is C19H29F2IN4O2. The number of likely N-dealkylation sites (tertiary alicyclic amines) is 1. The molecule has 1 aliphatic rings. The molecule has 1 amide bonds. The maximum atomic E-state index is 13.7. The molecule has 0 radical (unpaired) electrons. The predicted octanol–water partition coefficient (Wildman–Crippen LogP) is 3.30. The molecule has 1 aromatic carbocycles. The first-order valence-electron chi connectivity index (χ1n) is 9.07. The Hall–Kier alpha value is -1.65. The minimum Gasteiger partial charge on any atom is -0.444 e. The lowest BCUT2D eigenvalue weighted by molar-refractivity contribution is 0.0507. The van der Waals surface area contributed by atoms with E-state index < -0.39 is 23.3 Å². The van der Waals surface area contributed by atoms with E-state index in [1.54, 1.807) is 7.05 Å². The Bertz CT molecular complexity index is 695. The van der Waals surface area contributed by atoms with Crippen molar-refractivity contribution >= 4 is 36.0 Å². The molecule has 1 saturated heterocycles. The van der Waals surface area contributed by atoms with Crippen molar-refractivity contribution in [2.75, 3.05) is 26.7 Å². The van der Waals surface area contributed by atoms with Crippen molar-refractivity contribution < 1.29 is 18.3 Å². The lowest BCUT2D eigenvalue weighted by atomic mass is 10.1. The number of guanidine groups is 1. The van der Waals surface area contributed by atoms with Crippen LogP contribution < -0.4 is 10.6 Å². The van der Waals surface area contributed by atoms with Gasteiger partial charge in [-0.1, -0.05) is 0 Å². The van der Waals surface area contributed by atoms with Gasteiger partial charge in [-0.15, -0.1) is 24.0 Å². The van der Waals surface area contributed by atoms with E-state index in [1.165, 1.54) is 6.07 Å². The van der Waals surface area contributed by atoms with Crippen molar-refractivity contribution in [3.05, 3.63) is 35.4 Å². The average molecular weight is 510 g/mol. The Morgan fingerprint density at radius 1 is 1.36 bits per heavy atom. The molecule has 2 rings (SSSR count). The molecule has 1 unspecified atom stereocenters.